The molecule has 0 aliphatic heterocycles. The SMILES string of the molecule is Cc1nnc(SCC(=O)NC(Cc2ccccc2)c2ccccc2)n1C. The summed E-state index contributed by atoms with van der Waals surface area (Å²) >= 11 is 1.40. The van der Waals surface area contributed by atoms with Crippen LogP contribution in [-0.2, 0) is 18.3 Å². The predicted octanol–water partition coefficient (Wildman–Crippen LogP) is 3.32. The van der Waals surface area contributed by atoms with Crippen LogP contribution < -0.4 is 5.32 Å². The molecule has 0 bridgehead atoms. The van der Waals surface area contributed by atoms with Crippen molar-refractivity contribution in [2.75, 3.05) is 5.75 Å². The van der Waals surface area contributed by atoms with Gasteiger partial charge in [0.15, 0.2) is 5.16 Å². The maximum atomic E-state index is 12.5. The van der Waals surface area contributed by atoms with Gasteiger partial charge in [-0.2, -0.15) is 0 Å². The lowest BCUT2D eigenvalue weighted by Gasteiger charge is -2.19. The number of hydrogen-bond donors (Lipinski definition) is 1. The van der Waals surface area contributed by atoms with E-state index in [9.17, 15) is 4.79 Å². The van der Waals surface area contributed by atoms with Gasteiger partial charge in [0.25, 0.3) is 0 Å². The largest absolute Gasteiger partial charge is 0.348 e. The fourth-order valence-electron chi connectivity index (χ4n) is 2.67. The van der Waals surface area contributed by atoms with Crippen LogP contribution in [0.1, 0.15) is 23.0 Å². The number of amides is 1. The number of nitrogens with zero attached hydrogens (tertiary/aromatic N) is 3. The molecule has 3 aromatic rings. The third-order valence-electron chi connectivity index (χ3n) is 4.20. The van der Waals surface area contributed by atoms with E-state index in [0.29, 0.717) is 5.75 Å². The van der Waals surface area contributed by atoms with Crippen molar-refractivity contribution < 1.29 is 4.79 Å². The summed E-state index contributed by atoms with van der Waals surface area (Å²) in [6.45, 7) is 1.89. The molecule has 0 saturated heterocycles. The van der Waals surface area contributed by atoms with Gasteiger partial charge in [0.05, 0.1) is 11.8 Å². The van der Waals surface area contributed by atoms with Crippen molar-refractivity contribution in [3.63, 3.8) is 0 Å². The van der Waals surface area contributed by atoms with Crippen molar-refractivity contribution in [3.8, 4) is 0 Å². The highest BCUT2D eigenvalue weighted by Gasteiger charge is 2.16. The first-order chi connectivity index (χ1) is 12.6. The molecule has 5 nitrogen and oxygen atoms in total. The fraction of sp³-hybridized carbons (Fsp3) is 0.250. The monoisotopic (exact) mass is 366 g/mol. The molecule has 0 aliphatic carbocycles. The normalized spacial score (nSPS) is 11.9. The lowest BCUT2D eigenvalue weighted by molar-refractivity contribution is -0.119. The van der Waals surface area contributed by atoms with Gasteiger partial charge in [-0.3, -0.25) is 4.79 Å². The highest BCUT2D eigenvalue weighted by atomic mass is 32.2. The number of benzene rings is 2. The van der Waals surface area contributed by atoms with Crippen LogP contribution in [0, 0.1) is 6.92 Å². The number of nitrogens with one attached hydrogen (secondary N) is 1. The lowest BCUT2D eigenvalue weighted by atomic mass is 9.99. The van der Waals surface area contributed by atoms with Gasteiger partial charge in [0.1, 0.15) is 5.82 Å². The number of hydrogen-bond acceptors (Lipinski definition) is 4. The molecule has 3 rings (SSSR count). The molecule has 1 atom stereocenters. The third kappa shape index (κ3) is 4.73. The molecule has 1 heterocycles. The molecule has 134 valence electrons. The summed E-state index contributed by atoms with van der Waals surface area (Å²) in [6.07, 6.45) is 0.754. The van der Waals surface area contributed by atoms with E-state index >= 15 is 0 Å². The second-order valence-corrected chi connectivity index (χ2v) is 7.04. The Labute approximate surface area is 157 Å². The van der Waals surface area contributed by atoms with Crippen molar-refractivity contribution in [2.24, 2.45) is 7.05 Å². The lowest BCUT2D eigenvalue weighted by Crippen LogP contribution is -2.31. The molecule has 1 amide bonds. The summed E-state index contributed by atoms with van der Waals surface area (Å²) < 4.78 is 1.89. The number of thioether (sulfide) groups is 1. The molecule has 26 heavy (non-hydrogen) atoms. The van der Waals surface area contributed by atoms with E-state index < -0.39 is 0 Å². The van der Waals surface area contributed by atoms with Gasteiger partial charge in [-0.05, 0) is 24.5 Å². The zero-order chi connectivity index (χ0) is 18.4. The summed E-state index contributed by atoms with van der Waals surface area (Å²) in [6, 6.07) is 20.2. The molecule has 0 fully saturated rings. The molecule has 0 saturated carbocycles. The number of aryl methyl sites for hydroxylation is 1. The van der Waals surface area contributed by atoms with E-state index in [4.69, 9.17) is 0 Å². The summed E-state index contributed by atoms with van der Waals surface area (Å²) in [7, 11) is 1.90. The van der Waals surface area contributed by atoms with Crippen LogP contribution in [-0.4, -0.2) is 26.4 Å². The molecule has 1 unspecified atom stereocenters. The van der Waals surface area contributed by atoms with Gasteiger partial charge in [0, 0.05) is 7.05 Å². The Balaban J connectivity index is 1.67. The Kier molecular flexibility index (Phi) is 6.07. The van der Waals surface area contributed by atoms with Crippen molar-refractivity contribution in [1.82, 2.24) is 20.1 Å². The average molecular weight is 366 g/mol. The average Bonchev–Trinajstić information content (AvgIpc) is 2.99. The maximum Gasteiger partial charge on any atom is 0.230 e. The Bertz CT molecular complexity index is 849. The minimum atomic E-state index is -0.0621. The highest BCUT2D eigenvalue weighted by Crippen LogP contribution is 2.20. The fourth-order valence-corrected chi connectivity index (χ4v) is 3.43. The second-order valence-electron chi connectivity index (χ2n) is 6.10. The molecular weight excluding hydrogens is 344 g/mol. The van der Waals surface area contributed by atoms with Crippen LogP contribution in [0.2, 0.25) is 0 Å². The first-order valence-corrected chi connectivity index (χ1v) is 9.49. The summed E-state index contributed by atoms with van der Waals surface area (Å²) in [4.78, 5) is 12.5. The van der Waals surface area contributed by atoms with E-state index in [0.717, 1.165) is 23.0 Å². The number of carbonyl (C=O) groups excluding carboxylic acids is 1. The Morgan fingerprint density at radius 3 is 2.35 bits per heavy atom. The smallest absolute Gasteiger partial charge is 0.230 e. The van der Waals surface area contributed by atoms with Crippen LogP contribution in [0.25, 0.3) is 0 Å². The highest BCUT2D eigenvalue weighted by molar-refractivity contribution is 7.99. The predicted molar refractivity (Wildman–Crippen MR) is 104 cm³/mol. The van der Waals surface area contributed by atoms with Gasteiger partial charge in [-0.1, -0.05) is 72.4 Å². The van der Waals surface area contributed by atoms with E-state index in [1.54, 1.807) is 0 Å². The van der Waals surface area contributed by atoms with Gasteiger partial charge in [0.2, 0.25) is 5.91 Å². The number of rotatable bonds is 7. The van der Waals surface area contributed by atoms with E-state index in [2.05, 4.69) is 27.6 Å². The zero-order valence-corrected chi connectivity index (χ0v) is 15.7. The topological polar surface area (TPSA) is 59.8 Å². The van der Waals surface area contributed by atoms with Crippen molar-refractivity contribution in [1.29, 1.82) is 0 Å². The minimum absolute atomic E-state index is 0.0135. The first kappa shape index (κ1) is 18.2. The van der Waals surface area contributed by atoms with Crippen molar-refractivity contribution in [2.45, 2.75) is 24.5 Å². The summed E-state index contributed by atoms with van der Waals surface area (Å²) in [5.41, 5.74) is 2.29. The molecule has 1 aromatic heterocycles. The minimum Gasteiger partial charge on any atom is -0.348 e. The van der Waals surface area contributed by atoms with Gasteiger partial charge < -0.3 is 9.88 Å². The second kappa shape index (κ2) is 8.67. The van der Waals surface area contributed by atoms with Gasteiger partial charge >= 0.3 is 0 Å². The van der Waals surface area contributed by atoms with E-state index in [1.165, 1.54) is 17.3 Å². The van der Waals surface area contributed by atoms with E-state index in [1.807, 2.05) is 67.1 Å². The quantitative estimate of drug-likeness (QED) is 0.652. The third-order valence-corrected chi connectivity index (χ3v) is 5.23. The zero-order valence-electron chi connectivity index (χ0n) is 14.9. The molecule has 6 heteroatoms. The maximum absolute atomic E-state index is 12.5. The Hall–Kier alpha value is -2.60. The molecule has 0 aliphatic rings. The van der Waals surface area contributed by atoms with Gasteiger partial charge in [-0.25, -0.2) is 0 Å². The molecule has 0 spiro atoms. The van der Waals surface area contributed by atoms with Gasteiger partial charge in [-0.15, -0.1) is 10.2 Å². The van der Waals surface area contributed by atoms with Crippen molar-refractivity contribution >= 4 is 17.7 Å². The molecular formula is C20H22N4OS. The van der Waals surface area contributed by atoms with Crippen LogP contribution in [0.15, 0.2) is 65.8 Å². The summed E-state index contributed by atoms with van der Waals surface area (Å²) in [5, 5.41) is 12.0. The number of aromatic nitrogens is 3. The van der Waals surface area contributed by atoms with Crippen LogP contribution in [0.5, 0.6) is 0 Å². The molecule has 0 radical (unpaired) electrons. The number of carbonyl (C=O) groups is 1. The Morgan fingerprint density at radius 1 is 1.08 bits per heavy atom. The standard InChI is InChI=1S/C20H22N4OS/c1-15-22-23-20(24(15)2)26-14-19(25)21-18(17-11-7-4-8-12-17)13-16-9-5-3-6-10-16/h3-12,18H,13-14H2,1-2H3,(H,21,25). The van der Waals surface area contributed by atoms with Crippen LogP contribution in [0.3, 0.4) is 0 Å². The first-order valence-electron chi connectivity index (χ1n) is 8.50. The van der Waals surface area contributed by atoms with Crippen molar-refractivity contribution in [3.05, 3.63) is 77.6 Å². The molecule has 2 aromatic carbocycles. The van der Waals surface area contributed by atoms with E-state index in [-0.39, 0.29) is 11.9 Å². The Morgan fingerprint density at radius 2 is 1.73 bits per heavy atom. The summed E-state index contributed by atoms with van der Waals surface area (Å²) in [5.74, 6) is 1.13. The van der Waals surface area contributed by atoms with Crippen LogP contribution >= 0.6 is 11.8 Å². The molecule has 1 N–H and O–H groups in total. The van der Waals surface area contributed by atoms with Crippen LogP contribution in [0.4, 0.5) is 0 Å².